The number of rotatable bonds is 4. The van der Waals surface area contributed by atoms with Gasteiger partial charge in [-0.25, -0.2) is 0 Å². The van der Waals surface area contributed by atoms with Crippen LogP contribution in [0.2, 0.25) is 0 Å². The van der Waals surface area contributed by atoms with Crippen molar-refractivity contribution in [3.63, 3.8) is 0 Å². The van der Waals surface area contributed by atoms with Gasteiger partial charge >= 0.3 is 0 Å². The van der Waals surface area contributed by atoms with Crippen LogP contribution in [0.3, 0.4) is 0 Å². The molecule has 0 heterocycles. The average molecular weight is 238 g/mol. The molecule has 0 spiro atoms. The Hall–Kier alpha value is -1.64. The summed E-state index contributed by atoms with van der Waals surface area (Å²) in [5, 5.41) is 10.3. The van der Waals surface area contributed by atoms with E-state index in [4.69, 9.17) is 5.11 Å². The lowest BCUT2D eigenvalue weighted by Crippen LogP contribution is -2.20. The Kier molecular flexibility index (Phi) is 3.91. The third-order valence-electron chi connectivity index (χ3n) is 2.65. The lowest BCUT2D eigenvalue weighted by Gasteiger charge is -2.08. The maximum atomic E-state index is 9.07. The van der Waals surface area contributed by atoms with E-state index in [9.17, 15) is 0 Å². The van der Waals surface area contributed by atoms with Crippen LogP contribution in [0.1, 0.15) is 5.56 Å². The molecule has 0 saturated carbocycles. The van der Waals surface area contributed by atoms with E-state index in [1.54, 1.807) is 0 Å². The first kappa shape index (κ1) is 11.8. The maximum Gasteiger partial charge on any atom is 0.115 e. The van der Waals surface area contributed by atoms with E-state index in [1.165, 1.54) is 16.3 Å². The van der Waals surface area contributed by atoms with Crippen molar-refractivity contribution < 1.29 is 5.11 Å². The van der Waals surface area contributed by atoms with E-state index in [0.29, 0.717) is 9.52 Å². The fourth-order valence-corrected chi connectivity index (χ4v) is 2.58. The normalized spacial score (nSPS) is 10.2. The zero-order valence-corrected chi connectivity index (χ0v) is 10.6. The fourth-order valence-electron chi connectivity index (χ4n) is 1.77. The van der Waals surface area contributed by atoms with Crippen LogP contribution in [0.5, 0.6) is 0 Å². The number of hydrogen-bond donors (Lipinski definition) is 1. The molecule has 0 aliphatic rings. The summed E-state index contributed by atoms with van der Waals surface area (Å²) in [7, 11) is 0.444. The van der Waals surface area contributed by atoms with Gasteiger partial charge in [-0.05, 0) is 16.7 Å². The van der Waals surface area contributed by atoms with Gasteiger partial charge in [-0.1, -0.05) is 66.4 Å². The fraction of sp³-hybridized carbons (Fsp3) is 0.0667. The summed E-state index contributed by atoms with van der Waals surface area (Å²) in [6.45, 7) is 3.75. The summed E-state index contributed by atoms with van der Waals surface area (Å²) in [4.78, 5) is 0. The molecule has 0 unspecified atom stereocenters. The van der Waals surface area contributed by atoms with E-state index in [2.05, 4.69) is 43.0 Å². The Balaban J connectivity index is 2.40. The molecule has 17 heavy (non-hydrogen) atoms. The van der Waals surface area contributed by atoms with Gasteiger partial charge in [-0.2, -0.15) is 0 Å². The van der Waals surface area contributed by atoms with Gasteiger partial charge in [0, 0.05) is 6.23 Å². The molecule has 1 N–H and O–H groups in total. The molecule has 2 rings (SSSR count). The zero-order chi connectivity index (χ0) is 12.1. The van der Waals surface area contributed by atoms with Gasteiger partial charge < -0.3 is 5.11 Å². The predicted octanol–water partition coefficient (Wildman–Crippen LogP) is 2.28. The molecule has 1 nitrogen and oxygen atoms in total. The number of hydrogen-bond acceptors (Lipinski definition) is 1. The van der Waals surface area contributed by atoms with Crippen molar-refractivity contribution in [3.8, 4) is 11.1 Å². The van der Waals surface area contributed by atoms with Crippen molar-refractivity contribution >= 4 is 20.8 Å². The highest BCUT2D eigenvalue weighted by atomic mass is 28.2. The predicted molar refractivity (Wildman–Crippen MR) is 74.4 cm³/mol. The van der Waals surface area contributed by atoms with Crippen molar-refractivity contribution in [1.82, 2.24) is 0 Å². The molecule has 0 bridgehead atoms. The van der Waals surface area contributed by atoms with Crippen molar-refractivity contribution in [2.75, 3.05) is 6.23 Å². The molecule has 2 heteroatoms. The highest BCUT2D eigenvalue weighted by molar-refractivity contribution is 6.55. The van der Waals surface area contributed by atoms with Crippen molar-refractivity contribution in [1.29, 1.82) is 0 Å². The van der Waals surface area contributed by atoms with Crippen LogP contribution in [0, 0.1) is 0 Å². The number of aliphatic hydroxyl groups excluding tert-OH is 1. The second-order valence-corrected chi connectivity index (χ2v) is 4.92. The summed E-state index contributed by atoms with van der Waals surface area (Å²) in [5.74, 6) is 0. The van der Waals surface area contributed by atoms with E-state index in [-0.39, 0.29) is 6.23 Å². The Labute approximate surface area is 104 Å². The van der Waals surface area contributed by atoms with Crippen LogP contribution in [-0.2, 0) is 0 Å². The third kappa shape index (κ3) is 2.73. The van der Waals surface area contributed by atoms with Crippen molar-refractivity contribution in [3.05, 3.63) is 60.7 Å². The van der Waals surface area contributed by atoms with E-state index >= 15 is 0 Å². The summed E-state index contributed by atoms with van der Waals surface area (Å²) < 4.78 is 0. The van der Waals surface area contributed by atoms with Crippen LogP contribution in [-0.4, -0.2) is 20.9 Å². The molecular weight excluding hydrogens is 224 g/mol. The van der Waals surface area contributed by atoms with E-state index < -0.39 is 0 Å². The Morgan fingerprint density at radius 3 is 2.41 bits per heavy atom. The zero-order valence-electron chi connectivity index (χ0n) is 9.56. The largest absolute Gasteiger partial charge is 0.400 e. The van der Waals surface area contributed by atoms with Crippen LogP contribution in [0.25, 0.3) is 17.2 Å². The molecule has 0 saturated heterocycles. The van der Waals surface area contributed by atoms with Gasteiger partial charge in [0.15, 0.2) is 0 Å². The molecule has 2 aromatic carbocycles. The second-order valence-electron chi connectivity index (χ2n) is 3.71. The van der Waals surface area contributed by atoms with E-state index in [0.717, 1.165) is 5.56 Å². The molecule has 2 radical (unpaired) electrons. The molecule has 0 aliphatic carbocycles. The summed E-state index contributed by atoms with van der Waals surface area (Å²) in [6, 6.07) is 16.5. The summed E-state index contributed by atoms with van der Waals surface area (Å²) >= 11 is 0. The first-order valence-corrected chi connectivity index (χ1v) is 6.72. The molecule has 2 aromatic rings. The smallest absolute Gasteiger partial charge is 0.115 e. The molecule has 0 aromatic heterocycles. The molecular formula is C15H14OSi. The second kappa shape index (κ2) is 5.62. The van der Waals surface area contributed by atoms with Crippen molar-refractivity contribution in [2.45, 2.75) is 0 Å². The Morgan fingerprint density at radius 1 is 1.06 bits per heavy atom. The molecule has 0 aliphatic heterocycles. The maximum absolute atomic E-state index is 9.07. The molecule has 0 atom stereocenters. The lowest BCUT2D eigenvalue weighted by atomic mass is 10.0. The first-order chi connectivity index (χ1) is 8.35. The highest BCUT2D eigenvalue weighted by Crippen LogP contribution is 2.18. The SMILES string of the molecule is C=Cc1ccc(-c2ccccc2[Si]CO)cc1. The van der Waals surface area contributed by atoms with Gasteiger partial charge in [0.2, 0.25) is 0 Å². The van der Waals surface area contributed by atoms with Crippen LogP contribution in [0.15, 0.2) is 55.1 Å². The molecule has 0 amide bonds. The van der Waals surface area contributed by atoms with Gasteiger partial charge in [0.25, 0.3) is 0 Å². The topological polar surface area (TPSA) is 20.2 Å². The minimum absolute atomic E-state index is 0.210. The third-order valence-corrected chi connectivity index (χ3v) is 3.63. The van der Waals surface area contributed by atoms with Crippen LogP contribution in [0.4, 0.5) is 0 Å². The average Bonchev–Trinajstić information content (AvgIpc) is 2.40. The minimum atomic E-state index is 0.210. The van der Waals surface area contributed by atoms with Gasteiger partial charge in [-0.15, -0.1) is 0 Å². The summed E-state index contributed by atoms with van der Waals surface area (Å²) in [6.07, 6.45) is 2.05. The quantitative estimate of drug-likeness (QED) is 0.810. The van der Waals surface area contributed by atoms with E-state index in [1.807, 2.05) is 18.2 Å². The Bertz CT molecular complexity index is 503. The summed E-state index contributed by atoms with van der Waals surface area (Å²) in [5.41, 5.74) is 3.51. The van der Waals surface area contributed by atoms with Crippen LogP contribution >= 0.6 is 0 Å². The van der Waals surface area contributed by atoms with Gasteiger partial charge in [-0.3, -0.25) is 0 Å². The highest BCUT2D eigenvalue weighted by Gasteiger charge is 2.04. The van der Waals surface area contributed by atoms with Crippen molar-refractivity contribution in [2.24, 2.45) is 0 Å². The first-order valence-electron chi connectivity index (χ1n) is 5.52. The monoisotopic (exact) mass is 238 g/mol. The standard InChI is InChI=1S/C15H14OSi/c1-2-12-7-9-13(10-8-12)14-5-3-4-6-15(14)17-11-16/h2-10,16H,1,11H2. The van der Waals surface area contributed by atoms with Crippen LogP contribution < -0.4 is 5.19 Å². The van der Waals surface area contributed by atoms with Gasteiger partial charge in [0.1, 0.15) is 9.52 Å². The minimum Gasteiger partial charge on any atom is -0.400 e. The number of aliphatic hydroxyl groups is 1. The molecule has 84 valence electrons. The number of benzene rings is 2. The lowest BCUT2D eigenvalue weighted by molar-refractivity contribution is 0.367. The Morgan fingerprint density at radius 2 is 1.76 bits per heavy atom. The molecule has 0 fully saturated rings. The van der Waals surface area contributed by atoms with Gasteiger partial charge in [0.05, 0.1) is 0 Å².